The summed E-state index contributed by atoms with van der Waals surface area (Å²) in [7, 11) is 1.59. The molecule has 32 heavy (non-hydrogen) atoms. The van der Waals surface area contributed by atoms with Crippen molar-refractivity contribution in [3.63, 3.8) is 0 Å². The maximum atomic E-state index is 12.6. The molecule has 1 N–H and O–H groups in total. The van der Waals surface area contributed by atoms with Gasteiger partial charge in [-0.3, -0.25) is 9.59 Å². The highest BCUT2D eigenvalue weighted by molar-refractivity contribution is 5.89. The Kier molecular flexibility index (Phi) is 6.75. The summed E-state index contributed by atoms with van der Waals surface area (Å²) in [5, 5.41) is 2.93. The molecule has 7 nitrogen and oxygen atoms in total. The second kappa shape index (κ2) is 10.0. The Labute approximate surface area is 186 Å². The van der Waals surface area contributed by atoms with Gasteiger partial charge in [0.05, 0.1) is 25.8 Å². The molecule has 0 bridgehead atoms. The maximum absolute atomic E-state index is 12.6. The van der Waals surface area contributed by atoms with E-state index in [0.29, 0.717) is 43.5 Å². The molecule has 1 aromatic heterocycles. The molecular weight excluding hydrogens is 408 g/mol. The van der Waals surface area contributed by atoms with E-state index >= 15 is 0 Å². The predicted octanol–water partition coefficient (Wildman–Crippen LogP) is 3.53. The zero-order valence-electron chi connectivity index (χ0n) is 18.0. The minimum absolute atomic E-state index is 0.0388. The first-order valence-electron chi connectivity index (χ1n) is 10.5. The van der Waals surface area contributed by atoms with E-state index in [1.54, 1.807) is 24.3 Å². The Hall–Kier alpha value is -3.74. The van der Waals surface area contributed by atoms with Gasteiger partial charge in [0.1, 0.15) is 12.4 Å². The minimum Gasteiger partial charge on any atom is -0.493 e. The van der Waals surface area contributed by atoms with Gasteiger partial charge < -0.3 is 24.1 Å². The van der Waals surface area contributed by atoms with Crippen molar-refractivity contribution in [3.05, 3.63) is 83.8 Å². The number of ether oxygens (including phenoxy) is 2. The van der Waals surface area contributed by atoms with Gasteiger partial charge in [-0.1, -0.05) is 36.4 Å². The molecule has 166 valence electrons. The highest BCUT2D eigenvalue weighted by Gasteiger charge is 2.34. The van der Waals surface area contributed by atoms with Crippen LogP contribution in [0.1, 0.15) is 23.3 Å². The van der Waals surface area contributed by atoms with E-state index < -0.39 is 0 Å². The van der Waals surface area contributed by atoms with E-state index in [1.807, 2.05) is 54.6 Å². The van der Waals surface area contributed by atoms with Crippen molar-refractivity contribution in [2.24, 2.45) is 5.92 Å². The third kappa shape index (κ3) is 5.29. The number of carbonyl (C=O) groups is 2. The monoisotopic (exact) mass is 434 g/mol. The van der Waals surface area contributed by atoms with Gasteiger partial charge in [-0.25, -0.2) is 0 Å². The first-order valence-corrected chi connectivity index (χ1v) is 10.5. The maximum Gasteiger partial charge on any atom is 0.225 e. The number of amides is 2. The van der Waals surface area contributed by atoms with Crippen molar-refractivity contribution in [3.8, 4) is 11.5 Å². The lowest BCUT2D eigenvalue weighted by Crippen LogP contribution is -2.32. The van der Waals surface area contributed by atoms with Gasteiger partial charge in [0, 0.05) is 19.5 Å². The van der Waals surface area contributed by atoms with E-state index in [0.717, 1.165) is 11.1 Å². The molecule has 0 unspecified atom stereocenters. The van der Waals surface area contributed by atoms with Gasteiger partial charge in [0.25, 0.3) is 0 Å². The molecule has 3 aromatic rings. The Morgan fingerprint density at radius 1 is 1.09 bits per heavy atom. The quantitative estimate of drug-likeness (QED) is 0.557. The number of rotatable bonds is 9. The Balaban J connectivity index is 1.30. The zero-order valence-corrected chi connectivity index (χ0v) is 18.0. The number of benzene rings is 2. The molecule has 0 aliphatic carbocycles. The number of methoxy groups -OCH3 is 1. The Bertz CT molecular complexity index is 1050. The van der Waals surface area contributed by atoms with Crippen LogP contribution in [0.4, 0.5) is 0 Å². The normalized spacial score (nSPS) is 15.6. The number of nitrogens with one attached hydrogen (secondary N) is 1. The lowest BCUT2D eigenvalue weighted by atomic mass is 10.1. The van der Waals surface area contributed by atoms with Gasteiger partial charge in [-0.15, -0.1) is 0 Å². The topological polar surface area (TPSA) is 81.0 Å². The highest BCUT2D eigenvalue weighted by atomic mass is 16.5. The molecule has 0 spiro atoms. The van der Waals surface area contributed by atoms with Crippen LogP contribution in [0.5, 0.6) is 11.5 Å². The van der Waals surface area contributed by atoms with Gasteiger partial charge in [0.15, 0.2) is 11.5 Å². The number of hydrogen-bond acceptors (Lipinski definition) is 5. The fraction of sp³-hybridized carbons (Fsp3) is 0.280. The summed E-state index contributed by atoms with van der Waals surface area (Å²) in [5.74, 6) is 1.41. The molecule has 4 rings (SSSR count). The van der Waals surface area contributed by atoms with Gasteiger partial charge in [-0.2, -0.15) is 0 Å². The zero-order chi connectivity index (χ0) is 22.3. The molecule has 0 radical (unpaired) electrons. The third-order valence-electron chi connectivity index (χ3n) is 5.44. The average molecular weight is 434 g/mol. The highest BCUT2D eigenvalue weighted by Crippen LogP contribution is 2.29. The van der Waals surface area contributed by atoms with E-state index in [4.69, 9.17) is 13.9 Å². The average Bonchev–Trinajstić information content (AvgIpc) is 3.47. The lowest BCUT2D eigenvalue weighted by Gasteiger charge is -2.15. The predicted molar refractivity (Wildman–Crippen MR) is 118 cm³/mol. The summed E-state index contributed by atoms with van der Waals surface area (Å²) in [6, 6.07) is 19.1. The molecule has 1 saturated heterocycles. The number of likely N-dealkylation sites (tertiary alicyclic amines) is 1. The van der Waals surface area contributed by atoms with Crippen LogP contribution in [0.25, 0.3) is 0 Å². The number of furan rings is 1. The van der Waals surface area contributed by atoms with Crippen LogP contribution < -0.4 is 14.8 Å². The van der Waals surface area contributed by atoms with Crippen molar-refractivity contribution in [2.45, 2.75) is 26.1 Å². The SMILES string of the molecule is COc1cc(CNC(=O)[C@H]2CC(=O)N(Cc3ccco3)C2)ccc1OCc1ccccc1. The van der Waals surface area contributed by atoms with Crippen LogP contribution in [0.2, 0.25) is 0 Å². The molecule has 2 aromatic carbocycles. The minimum atomic E-state index is -0.368. The number of nitrogens with zero attached hydrogens (tertiary/aromatic N) is 1. The molecule has 1 aliphatic heterocycles. The van der Waals surface area contributed by atoms with Gasteiger partial charge >= 0.3 is 0 Å². The second-order valence-corrected chi connectivity index (χ2v) is 7.73. The molecular formula is C25H26N2O5. The molecule has 1 atom stereocenters. The van der Waals surface area contributed by atoms with Crippen LogP contribution in [0.15, 0.2) is 71.3 Å². The van der Waals surface area contributed by atoms with Crippen molar-refractivity contribution in [2.75, 3.05) is 13.7 Å². The fourth-order valence-electron chi connectivity index (χ4n) is 3.70. The van der Waals surface area contributed by atoms with E-state index in [9.17, 15) is 9.59 Å². The summed E-state index contributed by atoms with van der Waals surface area (Å²) < 4.78 is 16.6. The molecule has 1 aliphatic rings. The first-order chi connectivity index (χ1) is 15.6. The second-order valence-electron chi connectivity index (χ2n) is 7.73. The Morgan fingerprint density at radius 2 is 1.94 bits per heavy atom. The van der Waals surface area contributed by atoms with Crippen molar-refractivity contribution in [1.29, 1.82) is 0 Å². The van der Waals surface area contributed by atoms with Crippen LogP contribution in [-0.4, -0.2) is 30.4 Å². The van der Waals surface area contributed by atoms with Crippen molar-refractivity contribution >= 4 is 11.8 Å². The van der Waals surface area contributed by atoms with E-state index in [2.05, 4.69) is 5.32 Å². The summed E-state index contributed by atoms with van der Waals surface area (Å²) in [6.45, 7) is 1.56. The smallest absolute Gasteiger partial charge is 0.225 e. The van der Waals surface area contributed by atoms with E-state index in [1.165, 1.54) is 0 Å². The first kappa shape index (κ1) is 21.5. The van der Waals surface area contributed by atoms with Crippen LogP contribution in [0, 0.1) is 5.92 Å². The molecule has 2 amide bonds. The molecule has 0 saturated carbocycles. The van der Waals surface area contributed by atoms with Gasteiger partial charge in [0.2, 0.25) is 11.8 Å². The van der Waals surface area contributed by atoms with Crippen LogP contribution in [0.3, 0.4) is 0 Å². The Morgan fingerprint density at radius 3 is 2.69 bits per heavy atom. The summed E-state index contributed by atoms with van der Waals surface area (Å²) >= 11 is 0. The fourth-order valence-corrected chi connectivity index (χ4v) is 3.70. The van der Waals surface area contributed by atoms with Crippen molar-refractivity contribution < 1.29 is 23.5 Å². The summed E-state index contributed by atoms with van der Waals surface area (Å²) in [5.41, 5.74) is 1.96. The van der Waals surface area contributed by atoms with Crippen molar-refractivity contribution in [1.82, 2.24) is 10.2 Å². The molecule has 7 heteroatoms. The van der Waals surface area contributed by atoms with Crippen LogP contribution >= 0.6 is 0 Å². The molecule has 2 heterocycles. The van der Waals surface area contributed by atoms with E-state index in [-0.39, 0.29) is 24.2 Å². The summed E-state index contributed by atoms with van der Waals surface area (Å²) in [4.78, 5) is 26.5. The largest absolute Gasteiger partial charge is 0.493 e. The molecule has 1 fully saturated rings. The number of carbonyl (C=O) groups excluding carboxylic acids is 2. The lowest BCUT2D eigenvalue weighted by molar-refractivity contribution is -0.129. The van der Waals surface area contributed by atoms with Gasteiger partial charge in [-0.05, 0) is 35.4 Å². The van der Waals surface area contributed by atoms with Crippen LogP contribution in [-0.2, 0) is 29.3 Å². The standard InChI is InChI=1S/C25H26N2O5/c1-30-23-12-19(9-10-22(23)32-17-18-6-3-2-4-7-18)14-26-25(29)20-13-24(28)27(15-20)16-21-8-5-11-31-21/h2-12,20H,13-17H2,1H3,(H,26,29)/t20-/m0/s1. The third-order valence-corrected chi connectivity index (χ3v) is 5.44. The number of hydrogen-bond donors (Lipinski definition) is 1. The summed E-state index contributed by atoms with van der Waals surface area (Å²) in [6.07, 6.45) is 1.79.